The molecule has 3 atom stereocenters. The largest absolute Gasteiger partial charge is 0.335 e. The molecule has 2 heterocycles. The normalized spacial score (nSPS) is 30.2. The summed E-state index contributed by atoms with van der Waals surface area (Å²) in [7, 11) is 0. The van der Waals surface area contributed by atoms with E-state index in [0.717, 1.165) is 19.4 Å². The first-order chi connectivity index (χ1) is 12.3. The third-order valence-corrected chi connectivity index (χ3v) is 6.83. The van der Waals surface area contributed by atoms with Gasteiger partial charge in [-0.2, -0.15) is 0 Å². The molecule has 1 aromatic rings. The van der Waals surface area contributed by atoms with E-state index < -0.39 is 0 Å². The van der Waals surface area contributed by atoms with Gasteiger partial charge in [-0.1, -0.05) is 20.8 Å². The predicted octanol–water partition coefficient (Wildman–Crippen LogP) is 3.24. The second-order valence-corrected chi connectivity index (χ2v) is 8.76. The van der Waals surface area contributed by atoms with Crippen LogP contribution in [0.4, 0.5) is 5.69 Å². The summed E-state index contributed by atoms with van der Waals surface area (Å²) in [5, 5.41) is 0. The highest BCUT2D eigenvalue weighted by Crippen LogP contribution is 2.49. The third-order valence-electron chi connectivity index (χ3n) is 6.83. The first-order valence-corrected chi connectivity index (χ1v) is 9.55. The molecule has 0 radical (unpaired) electrons. The molecule has 3 amide bonds. The summed E-state index contributed by atoms with van der Waals surface area (Å²) < 4.78 is 0. The van der Waals surface area contributed by atoms with Gasteiger partial charge >= 0.3 is 0 Å². The predicted molar refractivity (Wildman–Crippen MR) is 98.7 cm³/mol. The van der Waals surface area contributed by atoms with Crippen LogP contribution in [0.15, 0.2) is 24.3 Å². The number of fused-ring (bicyclic) bond motifs is 2. The Balaban J connectivity index is 1.53. The fourth-order valence-electron chi connectivity index (χ4n) is 4.97. The summed E-state index contributed by atoms with van der Waals surface area (Å²) in [6, 6.07) is 7.23. The van der Waals surface area contributed by atoms with Gasteiger partial charge < -0.3 is 4.90 Å². The highest BCUT2D eigenvalue weighted by Gasteiger charge is 2.48. The standard InChI is InChI=1S/C21H26N2O3/c1-13-15-10-17(11-21(13,2)3)22(12-15)20(26)14-4-6-16(7-5-14)23-18(24)8-9-19(23)25/h4-7,13,15,17H,8-12H2,1-3H3/t13-,15-,17+/m1/s1. The molecule has 2 aliphatic heterocycles. The molecule has 1 aliphatic carbocycles. The van der Waals surface area contributed by atoms with Crippen LogP contribution in [-0.2, 0) is 9.59 Å². The number of carbonyl (C=O) groups is 3. The van der Waals surface area contributed by atoms with Crippen molar-refractivity contribution in [1.82, 2.24) is 4.90 Å². The fourth-order valence-corrected chi connectivity index (χ4v) is 4.97. The number of nitrogens with zero attached hydrogens (tertiary/aromatic N) is 2. The van der Waals surface area contributed by atoms with Crippen LogP contribution in [0.3, 0.4) is 0 Å². The van der Waals surface area contributed by atoms with E-state index in [0.29, 0.717) is 29.1 Å². The zero-order chi connectivity index (χ0) is 18.6. The van der Waals surface area contributed by atoms with Crippen LogP contribution in [0.5, 0.6) is 0 Å². The van der Waals surface area contributed by atoms with Gasteiger partial charge in [-0.15, -0.1) is 0 Å². The zero-order valence-electron chi connectivity index (χ0n) is 15.7. The Labute approximate surface area is 154 Å². The Kier molecular flexibility index (Phi) is 3.94. The van der Waals surface area contributed by atoms with Gasteiger partial charge in [0.2, 0.25) is 11.8 Å². The lowest BCUT2D eigenvalue weighted by Gasteiger charge is -2.40. The van der Waals surface area contributed by atoms with E-state index in [2.05, 4.69) is 20.8 Å². The Bertz CT molecular complexity index is 752. The molecular formula is C21H26N2O3. The molecule has 0 spiro atoms. The van der Waals surface area contributed by atoms with Crippen molar-refractivity contribution in [2.24, 2.45) is 17.3 Å². The number of likely N-dealkylation sites (tertiary alicyclic amines) is 1. The van der Waals surface area contributed by atoms with Gasteiger partial charge in [0.05, 0.1) is 5.69 Å². The molecule has 1 aromatic carbocycles. The maximum atomic E-state index is 13.0. The molecule has 3 fully saturated rings. The molecule has 1 saturated carbocycles. The quantitative estimate of drug-likeness (QED) is 0.766. The SMILES string of the molecule is C[C@@H]1[C@@H]2C[C@@H](CC1(C)C)N(C(=O)c1ccc(N3C(=O)CCC3=O)cc1)C2. The summed E-state index contributed by atoms with van der Waals surface area (Å²) in [6.45, 7) is 7.76. The van der Waals surface area contributed by atoms with Gasteiger partial charge in [-0.25, -0.2) is 0 Å². The van der Waals surface area contributed by atoms with Crippen molar-refractivity contribution in [3.8, 4) is 0 Å². The van der Waals surface area contributed by atoms with Gasteiger partial charge in [-0.05, 0) is 54.4 Å². The van der Waals surface area contributed by atoms with Gasteiger partial charge in [0.25, 0.3) is 5.91 Å². The van der Waals surface area contributed by atoms with Crippen LogP contribution in [0.1, 0.15) is 56.8 Å². The van der Waals surface area contributed by atoms with E-state index in [9.17, 15) is 14.4 Å². The number of hydrogen-bond acceptors (Lipinski definition) is 3. The Morgan fingerprint density at radius 3 is 2.31 bits per heavy atom. The lowest BCUT2D eigenvalue weighted by Crippen LogP contribution is -2.39. The summed E-state index contributed by atoms with van der Waals surface area (Å²) in [4.78, 5) is 40.0. The van der Waals surface area contributed by atoms with Crippen LogP contribution in [-0.4, -0.2) is 35.2 Å². The molecule has 4 rings (SSSR count). The minimum Gasteiger partial charge on any atom is -0.335 e. The number of hydrogen-bond donors (Lipinski definition) is 0. The number of carbonyl (C=O) groups excluding carboxylic acids is 3. The number of amides is 3. The molecule has 0 N–H and O–H groups in total. The van der Waals surface area contributed by atoms with Crippen molar-refractivity contribution in [2.45, 2.75) is 52.5 Å². The van der Waals surface area contributed by atoms with Crippen LogP contribution in [0.25, 0.3) is 0 Å². The number of anilines is 1. The van der Waals surface area contributed by atoms with Crippen LogP contribution < -0.4 is 4.90 Å². The molecule has 26 heavy (non-hydrogen) atoms. The Morgan fingerprint density at radius 2 is 1.69 bits per heavy atom. The molecule has 0 aromatic heterocycles. The van der Waals surface area contributed by atoms with Gasteiger partial charge in [-0.3, -0.25) is 19.3 Å². The minimum absolute atomic E-state index is 0.0630. The van der Waals surface area contributed by atoms with E-state index >= 15 is 0 Å². The van der Waals surface area contributed by atoms with E-state index in [1.54, 1.807) is 24.3 Å². The lowest BCUT2D eigenvalue weighted by molar-refractivity contribution is -0.121. The first kappa shape index (κ1) is 17.3. The van der Waals surface area contributed by atoms with Crippen molar-refractivity contribution in [3.63, 3.8) is 0 Å². The summed E-state index contributed by atoms with van der Waals surface area (Å²) in [6.07, 6.45) is 2.69. The van der Waals surface area contributed by atoms with Crippen LogP contribution in [0.2, 0.25) is 0 Å². The maximum absolute atomic E-state index is 13.0. The van der Waals surface area contributed by atoms with E-state index in [4.69, 9.17) is 0 Å². The highest BCUT2D eigenvalue weighted by atomic mass is 16.2. The second kappa shape index (κ2) is 5.93. The van der Waals surface area contributed by atoms with E-state index in [-0.39, 0.29) is 36.0 Å². The molecular weight excluding hydrogens is 328 g/mol. The smallest absolute Gasteiger partial charge is 0.254 e. The number of imide groups is 1. The average molecular weight is 354 g/mol. The Morgan fingerprint density at radius 1 is 1.08 bits per heavy atom. The molecule has 5 nitrogen and oxygen atoms in total. The molecule has 2 saturated heterocycles. The van der Waals surface area contributed by atoms with Crippen molar-refractivity contribution in [3.05, 3.63) is 29.8 Å². The van der Waals surface area contributed by atoms with Gasteiger partial charge in [0, 0.05) is 31.0 Å². The van der Waals surface area contributed by atoms with E-state index in [1.165, 1.54) is 4.90 Å². The topological polar surface area (TPSA) is 57.7 Å². The van der Waals surface area contributed by atoms with E-state index in [1.807, 2.05) is 4.90 Å². The highest BCUT2D eigenvalue weighted by molar-refractivity contribution is 6.19. The molecule has 5 heteroatoms. The minimum atomic E-state index is -0.168. The summed E-state index contributed by atoms with van der Waals surface area (Å²) >= 11 is 0. The summed E-state index contributed by atoms with van der Waals surface area (Å²) in [5.41, 5.74) is 1.46. The number of rotatable bonds is 2. The molecule has 2 bridgehead atoms. The van der Waals surface area contributed by atoms with Crippen molar-refractivity contribution >= 4 is 23.4 Å². The second-order valence-electron chi connectivity index (χ2n) is 8.76. The van der Waals surface area contributed by atoms with Crippen molar-refractivity contribution in [1.29, 1.82) is 0 Å². The maximum Gasteiger partial charge on any atom is 0.254 e. The number of benzene rings is 1. The van der Waals surface area contributed by atoms with Crippen molar-refractivity contribution in [2.75, 3.05) is 11.4 Å². The fraction of sp³-hybridized carbons (Fsp3) is 0.571. The molecule has 3 aliphatic rings. The van der Waals surface area contributed by atoms with Crippen LogP contribution >= 0.6 is 0 Å². The summed E-state index contributed by atoms with van der Waals surface area (Å²) in [5.74, 6) is 0.920. The molecule has 138 valence electrons. The van der Waals surface area contributed by atoms with Gasteiger partial charge in [0.1, 0.15) is 0 Å². The third kappa shape index (κ3) is 2.65. The Hall–Kier alpha value is -2.17. The lowest BCUT2D eigenvalue weighted by atomic mass is 9.65. The zero-order valence-corrected chi connectivity index (χ0v) is 15.7. The first-order valence-electron chi connectivity index (χ1n) is 9.55. The van der Waals surface area contributed by atoms with Crippen molar-refractivity contribution < 1.29 is 14.4 Å². The average Bonchev–Trinajstić information content (AvgIpc) is 3.13. The monoisotopic (exact) mass is 354 g/mol. The molecule has 0 unspecified atom stereocenters. The van der Waals surface area contributed by atoms with Gasteiger partial charge in [0.15, 0.2) is 0 Å². The van der Waals surface area contributed by atoms with Crippen LogP contribution in [0, 0.1) is 17.3 Å².